The van der Waals surface area contributed by atoms with E-state index < -0.39 is 24.0 Å². The molecule has 2 N–H and O–H groups in total. The minimum atomic E-state index is -1.05. The normalized spacial score (nSPS) is 13.8. The number of aliphatic carboxylic acids is 2. The molecule has 0 aliphatic heterocycles. The van der Waals surface area contributed by atoms with Crippen LogP contribution in [0.1, 0.15) is 24.5 Å². The highest BCUT2D eigenvalue weighted by Gasteiger charge is 2.29. The van der Waals surface area contributed by atoms with Gasteiger partial charge in [0.15, 0.2) is 0 Å². The number of hydrogen-bond acceptors (Lipinski definition) is 3. The monoisotopic (exact) mass is 252 g/mol. The Balaban J connectivity index is 2.88. The Kier molecular flexibility index (Phi) is 5.32. The number of benzene rings is 1. The SMILES string of the molecule is COC(c1ccccc1)C(CCC(=O)O)C(=O)O. The summed E-state index contributed by atoms with van der Waals surface area (Å²) >= 11 is 0. The van der Waals surface area contributed by atoms with Gasteiger partial charge in [-0.05, 0) is 12.0 Å². The summed E-state index contributed by atoms with van der Waals surface area (Å²) in [6.07, 6.45) is -0.787. The van der Waals surface area contributed by atoms with Crippen molar-refractivity contribution in [2.75, 3.05) is 7.11 Å². The van der Waals surface area contributed by atoms with Gasteiger partial charge in [0.1, 0.15) is 0 Å². The Morgan fingerprint density at radius 1 is 1.22 bits per heavy atom. The third-order valence-corrected chi connectivity index (χ3v) is 2.73. The first-order valence-electron chi connectivity index (χ1n) is 5.58. The van der Waals surface area contributed by atoms with Crippen molar-refractivity contribution in [3.63, 3.8) is 0 Å². The fourth-order valence-corrected chi connectivity index (χ4v) is 1.86. The molecule has 0 radical (unpaired) electrons. The number of carbonyl (C=O) groups is 2. The van der Waals surface area contributed by atoms with Crippen molar-refractivity contribution in [2.45, 2.75) is 18.9 Å². The third kappa shape index (κ3) is 3.85. The summed E-state index contributed by atoms with van der Waals surface area (Å²) in [4.78, 5) is 21.8. The van der Waals surface area contributed by atoms with E-state index in [9.17, 15) is 14.7 Å². The third-order valence-electron chi connectivity index (χ3n) is 2.73. The highest BCUT2D eigenvalue weighted by molar-refractivity contribution is 5.73. The second-order valence-corrected chi connectivity index (χ2v) is 3.94. The number of methoxy groups -OCH3 is 1. The smallest absolute Gasteiger partial charge is 0.309 e. The van der Waals surface area contributed by atoms with Crippen molar-refractivity contribution in [1.29, 1.82) is 0 Å². The molecule has 1 rings (SSSR count). The quantitative estimate of drug-likeness (QED) is 0.774. The highest BCUT2D eigenvalue weighted by Crippen LogP contribution is 2.29. The van der Waals surface area contributed by atoms with E-state index in [4.69, 9.17) is 9.84 Å². The number of carboxylic acids is 2. The molecule has 0 aliphatic carbocycles. The Labute approximate surface area is 105 Å². The highest BCUT2D eigenvalue weighted by atomic mass is 16.5. The summed E-state index contributed by atoms with van der Waals surface area (Å²) < 4.78 is 5.22. The molecular formula is C13H16O5. The van der Waals surface area contributed by atoms with Crippen molar-refractivity contribution in [1.82, 2.24) is 0 Å². The van der Waals surface area contributed by atoms with E-state index in [0.717, 1.165) is 5.56 Å². The number of hydrogen-bond donors (Lipinski definition) is 2. The van der Waals surface area contributed by atoms with Crippen molar-refractivity contribution in [3.05, 3.63) is 35.9 Å². The molecule has 0 saturated carbocycles. The molecule has 0 bridgehead atoms. The second kappa shape index (κ2) is 6.76. The summed E-state index contributed by atoms with van der Waals surface area (Å²) in [6, 6.07) is 8.94. The molecule has 0 amide bonds. The molecular weight excluding hydrogens is 236 g/mol. The first-order valence-corrected chi connectivity index (χ1v) is 5.58. The Hall–Kier alpha value is -1.88. The molecule has 18 heavy (non-hydrogen) atoms. The Morgan fingerprint density at radius 3 is 2.28 bits per heavy atom. The van der Waals surface area contributed by atoms with Gasteiger partial charge >= 0.3 is 11.9 Å². The van der Waals surface area contributed by atoms with Crippen LogP contribution in [0.4, 0.5) is 0 Å². The van der Waals surface area contributed by atoms with Crippen LogP contribution in [-0.2, 0) is 14.3 Å². The van der Waals surface area contributed by atoms with E-state index in [2.05, 4.69) is 0 Å². The van der Waals surface area contributed by atoms with Gasteiger partial charge in [0.2, 0.25) is 0 Å². The van der Waals surface area contributed by atoms with E-state index in [0.29, 0.717) is 0 Å². The first-order chi connectivity index (χ1) is 8.56. The first kappa shape index (κ1) is 14.2. The average Bonchev–Trinajstić information content (AvgIpc) is 2.34. The van der Waals surface area contributed by atoms with Crippen LogP contribution in [0.2, 0.25) is 0 Å². The van der Waals surface area contributed by atoms with E-state index >= 15 is 0 Å². The molecule has 2 atom stereocenters. The van der Waals surface area contributed by atoms with Crippen LogP contribution in [-0.4, -0.2) is 29.3 Å². The summed E-state index contributed by atoms with van der Waals surface area (Å²) in [5, 5.41) is 17.8. The van der Waals surface area contributed by atoms with Crippen LogP contribution >= 0.6 is 0 Å². The fourth-order valence-electron chi connectivity index (χ4n) is 1.86. The molecule has 0 saturated heterocycles. The zero-order valence-corrected chi connectivity index (χ0v) is 10.1. The average molecular weight is 252 g/mol. The largest absolute Gasteiger partial charge is 0.481 e. The van der Waals surface area contributed by atoms with E-state index in [1.165, 1.54) is 7.11 Å². The molecule has 1 aromatic rings. The van der Waals surface area contributed by atoms with Crippen LogP contribution in [0.5, 0.6) is 0 Å². The minimum absolute atomic E-state index is 0.0397. The van der Waals surface area contributed by atoms with Gasteiger partial charge < -0.3 is 14.9 Å². The van der Waals surface area contributed by atoms with Gasteiger partial charge in [-0.25, -0.2) is 0 Å². The van der Waals surface area contributed by atoms with Crippen LogP contribution in [0.3, 0.4) is 0 Å². The standard InChI is InChI=1S/C13H16O5/c1-18-12(9-5-3-2-4-6-9)10(13(16)17)7-8-11(14)15/h2-6,10,12H,7-8H2,1H3,(H,14,15)(H,16,17). The van der Waals surface area contributed by atoms with Crippen LogP contribution in [0.25, 0.3) is 0 Å². The van der Waals surface area contributed by atoms with Gasteiger partial charge in [-0.1, -0.05) is 30.3 Å². The molecule has 98 valence electrons. The maximum absolute atomic E-state index is 11.2. The van der Waals surface area contributed by atoms with Gasteiger partial charge in [-0.15, -0.1) is 0 Å². The van der Waals surface area contributed by atoms with Crippen LogP contribution < -0.4 is 0 Å². The van der Waals surface area contributed by atoms with Crippen molar-refractivity contribution in [2.24, 2.45) is 5.92 Å². The zero-order chi connectivity index (χ0) is 13.5. The van der Waals surface area contributed by atoms with Gasteiger partial charge in [0.25, 0.3) is 0 Å². The number of rotatable bonds is 7. The molecule has 0 fully saturated rings. The summed E-state index contributed by atoms with van der Waals surface area (Å²) in [6.45, 7) is 0. The maximum atomic E-state index is 11.2. The lowest BCUT2D eigenvalue weighted by molar-refractivity contribution is -0.148. The summed E-state index contributed by atoms with van der Waals surface area (Å²) in [5.74, 6) is -2.93. The van der Waals surface area contributed by atoms with Gasteiger partial charge in [-0.2, -0.15) is 0 Å². The molecule has 0 aliphatic rings. The van der Waals surface area contributed by atoms with Gasteiger partial charge in [0, 0.05) is 13.5 Å². The Morgan fingerprint density at radius 2 is 1.83 bits per heavy atom. The van der Waals surface area contributed by atoms with Crippen molar-refractivity contribution in [3.8, 4) is 0 Å². The number of ether oxygens (including phenoxy) is 1. The molecule has 2 unspecified atom stereocenters. The van der Waals surface area contributed by atoms with Gasteiger partial charge in [0.05, 0.1) is 12.0 Å². The lowest BCUT2D eigenvalue weighted by Crippen LogP contribution is -2.24. The molecule has 0 aromatic heterocycles. The van der Waals surface area contributed by atoms with Crippen LogP contribution in [0.15, 0.2) is 30.3 Å². The fraction of sp³-hybridized carbons (Fsp3) is 0.385. The molecule has 0 spiro atoms. The van der Waals surface area contributed by atoms with E-state index in [1.54, 1.807) is 24.3 Å². The second-order valence-electron chi connectivity index (χ2n) is 3.94. The van der Waals surface area contributed by atoms with Gasteiger partial charge in [-0.3, -0.25) is 9.59 Å². The summed E-state index contributed by atoms with van der Waals surface area (Å²) in [5.41, 5.74) is 0.734. The van der Waals surface area contributed by atoms with E-state index in [-0.39, 0.29) is 12.8 Å². The molecule has 5 heteroatoms. The molecule has 5 nitrogen and oxygen atoms in total. The lowest BCUT2D eigenvalue weighted by Gasteiger charge is -2.22. The number of carboxylic acid groups (broad SMARTS) is 2. The molecule has 0 heterocycles. The topological polar surface area (TPSA) is 83.8 Å². The van der Waals surface area contributed by atoms with Crippen LogP contribution in [0, 0.1) is 5.92 Å². The lowest BCUT2D eigenvalue weighted by atomic mass is 9.91. The van der Waals surface area contributed by atoms with Crippen molar-refractivity contribution >= 4 is 11.9 Å². The molecule has 1 aromatic carbocycles. The Bertz CT molecular complexity index is 401. The maximum Gasteiger partial charge on any atom is 0.309 e. The minimum Gasteiger partial charge on any atom is -0.481 e. The summed E-state index contributed by atoms with van der Waals surface area (Å²) in [7, 11) is 1.42. The predicted octanol–water partition coefficient (Wildman–Crippen LogP) is 1.94. The van der Waals surface area contributed by atoms with E-state index in [1.807, 2.05) is 6.07 Å². The van der Waals surface area contributed by atoms with Crippen molar-refractivity contribution < 1.29 is 24.5 Å². The predicted molar refractivity (Wildman–Crippen MR) is 64.2 cm³/mol. The zero-order valence-electron chi connectivity index (χ0n) is 10.1.